The molecular formula is C19H18O2. The normalized spacial score (nSPS) is 11.9. The molecule has 0 aliphatic carbocycles. The first-order valence-corrected chi connectivity index (χ1v) is 7.12. The van der Waals surface area contributed by atoms with Crippen LogP contribution in [0.1, 0.15) is 19.4 Å². The predicted molar refractivity (Wildman–Crippen MR) is 86.6 cm³/mol. The standard InChI is InChI=1S/C19H18O2/c1-19(2,18(20)21)12-14-11-13-7-3-4-8-15(13)17-10-6-5-9-16(14)17/h3-11H,12H2,1-2H3,(H,20,21). The number of hydrogen-bond acceptors (Lipinski definition) is 1. The zero-order valence-corrected chi connectivity index (χ0v) is 12.3. The lowest BCUT2D eigenvalue weighted by molar-refractivity contribution is -0.146. The number of carbonyl (C=O) groups is 1. The van der Waals surface area contributed by atoms with Crippen molar-refractivity contribution < 1.29 is 9.90 Å². The molecule has 3 rings (SSSR count). The van der Waals surface area contributed by atoms with Crippen LogP contribution in [0.4, 0.5) is 0 Å². The van der Waals surface area contributed by atoms with E-state index in [-0.39, 0.29) is 0 Å². The first-order valence-electron chi connectivity index (χ1n) is 7.12. The fraction of sp³-hybridized carbons (Fsp3) is 0.211. The van der Waals surface area contributed by atoms with Gasteiger partial charge in [0.15, 0.2) is 0 Å². The van der Waals surface area contributed by atoms with Gasteiger partial charge in [-0.1, -0.05) is 54.6 Å². The fourth-order valence-corrected chi connectivity index (χ4v) is 2.83. The minimum atomic E-state index is -0.773. The van der Waals surface area contributed by atoms with Crippen molar-refractivity contribution in [2.24, 2.45) is 5.41 Å². The van der Waals surface area contributed by atoms with Gasteiger partial charge in [0.2, 0.25) is 0 Å². The van der Waals surface area contributed by atoms with Crippen LogP contribution in [-0.4, -0.2) is 11.1 Å². The molecule has 2 nitrogen and oxygen atoms in total. The largest absolute Gasteiger partial charge is 0.481 e. The number of hydrogen-bond donors (Lipinski definition) is 1. The second-order valence-corrected chi connectivity index (χ2v) is 6.17. The van der Waals surface area contributed by atoms with E-state index in [0.29, 0.717) is 6.42 Å². The molecule has 2 heteroatoms. The molecule has 3 aromatic carbocycles. The van der Waals surface area contributed by atoms with Crippen molar-refractivity contribution in [3.63, 3.8) is 0 Å². The Labute approximate surface area is 124 Å². The second-order valence-electron chi connectivity index (χ2n) is 6.17. The van der Waals surface area contributed by atoms with Gasteiger partial charge in [-0.25, -0.2) is 0 Å². The van der Waals surface area contributed by atoms with Gasteiger partial charge in [-0.2, -0.15) is 0 Å². The molecule has 0 saturated heterocycles. The summed E-state index contributed by atoms with van der Waals surface area (Å²) in [6.07, 6.45) is 0.522. The Morgan fingerprint density at radius 1 is 0.952 bits per heavy atom. The van der Waals surface area contributed by atoms with Crippen LogP contribution in [0.25, 0.3) is 21.5 Å². The van der Waals surface area contributed by atoms with Gasteiger partial charge < -0.3 is 5.11 Å². The van der Waals surface area contributed by atoms with E-state index in [9.17, 15) is 9.90 Å². The third-order valence-corrected chi connectivity index (χ3v) is 4.07. The van der Waals surface area contributed by atoms with E-state index in [2.05, 4.69) is 30.3 Å². The highest BCUT2D eigenvalue weighted by molar-refractivity contribution is 6.09. The third kappa shape index (κ3) is 2.38. The molecule has 106 valence electrons. The quantitative estimate of drug-likeness (QED) is 0.708. The molecule has 0 aromatic heterocycles. The van der Waals surface area contributed by atoms with Gasteiger partial charge in [-0.15, -0.1) is 0 Å². The summed E-state index contributed by atoms with van der Waals surface area (Å²) in [5.74, 6) is -0.764. The third-order valence-electron chi connectivity index (χ3n) is 4.07. The van der Waals surface area contributed by atoms with Crippen LogP contribution in [0.3, 0.4) is 0 Å². The molecule has 0 amide bonds. The maximum Gasteiger partial charge on any atom is 0.309 e. The smallest absolute Gasteiger partial charge is 0.309 e. The van der Waals surface area contributed by atoms with Crippen LogP contribution in [0.5, 0.6) is 0 Å². The Morgan fingerprint density at radius 3 is 2.19 bits per heavy atom. The highest BCUT2D eigenvalue weighted by atomic mass is 16.4. The minimum Gasteiger partial charge on any atom is -0.481 e. The lowest BCUT2D eigenvalue weighted by Crippen LogP contribution is -2.26. The van der Waals surface area contributed by atoms with Crippen molar-refractivity contribution in [1.29, 1.82) is 0 Å². The molecule has 0 atom stereocenters. The van der Waals surface area contributed by atoms with Crippen LogP contribution in [-0.2, 0) is 11.2 Å². The minimum absolute atomic E-state index is 0.522. The van der Waals surface area contributed by atoms with E-state index < -0.39 is 11.4 Å². The number of carboxylic acids is 1. The fourth-order valence-electron chi connectivity index (χ4n) is 2.83. The van der Waals surface area contributed by atoms with Gasteiger partial charge in [-0.05, 0) is 47.4 Å². The van der Waals surface area contributed by atoms with Crippen LogP contribution >= 0.6 is 0 Å². The molecule has 0 radical (unpaired) electrons. The van der Waals surface area contributed by atoms with E-state index in [1.807, 2.05) is 24.3 Å². The van der Waals surface area contributed by atoms with Crippen LogP contribution in [0.15, 0.2) is 54.6 Å². The molecule has 0 fully saturated rings. The maximum atomic E-state index is 11.4. The Bertz CT molecular complexity index is 831. The van der Waals surface area contributed by atoms with E-state index in [1.165, 1.54) is 10.8 Å². The average molecular weight is 278 g/mol. The van der Waals surface area contributed by atoms with Crippen LogP contribution < -0.4 is 0 Å². The van der Waals surface area contributed by atoms with Crippen molar-refractivity contribution in [3.05, 3.63) is 60.2 Å². The van der Waals surface area contributed by atoms with Crippen molar-refractivity contribution in [2.45, 2.75) is 20.3 Å². The number of aliphatic carboxylic acids is 1. The van der Waals surface area contributed by atoms with E-state index >= 15 is 0 Å². The lowest BCUT2D eigenvalue weighted by Gasteiger charge is -2.21. The van der Waals surface area contributed by atoms with Crippen molar-refractivity contribution in [2.75, 3.05) is 0 Å². The van der Waals surface area contributed by atoms with Crippen molar-refractivity contribution >= 4 is 27.5 Å². The highest BCUT2D eigenvalue weighted by Crippen LogP contribution is 2.32. The summed E-state index contributed by atoms with van der Waals surface area (Å²) in [6.45, 7) is 3.55. The molecule has 0 heterocycles. The predicted octanol–water partition coefficient (Wildman–Crippen LogP) is 4.65. The van der Waals surface area contributed by atoms with Crippen LogP contribution in [0.2, 0.25) is 0 Å². The molecule has 0 aliphatic rings. The molecule has 1 N–H and O–H groups in total. The van der Waals surface area contributed by atoms with Crippen molar-refractivity contribution in [3.8, 4) is 0 Å². The van der Waals surface area contributed by atoms with Gasteiger partial charge in [0.05, 0.1) is 5.41 Å². The Morgan fingerprint density at radius 2 is 1.52 bits per heavy atom. The summed E-state index contributed by atoms with van der Waals surface area (Å²) in [4.78, 5) is 11.4. The topological polar surface area (TPSA) is 37.3 Å². The van der Waals surface area contributed by atoms with E-state index in [4.69, 9.17) is 0 Å². The summed E-state index contributed by atoms with van der Waals surface area (Å²) < 4.78 is 0. The molecule has 0 spiro atoms. The van der Waals surface area contributed by atoms with Gasteiger partial charge in [0.1, 0.15) is 0 Å². The monoisotopic (exact) mass is 278 g/mol. The number of carboxylic acid groups (broad SMARTS) is 1. The molecular weight excluding hydrogens is 260 g/mol. The molecule has 0 saturated carbocycles. The van der Waals surface area contributed by atoms with Crippen molar-refractivity contribution in [1.82, 2.24) is 0 Å². The van der Waals surface area contributed by atoms with Gasteiger partial charge in [0, 0.05) is 0 Å². The Kier molecular flexibility index (Phi) is 3.17. The zero-order valence-electron chi connectivity index (χ0n) is 12.3. The van der Waals surface area contributed by atoms with Gasteiger partial charge in [0.25, 0.3) is 0 Å². The first-order chi connectivity index (χ1) is 9.99. The summed E-state index contributed by atoms with van der Waals surface area (Å²) in [7, 11) is 0. The molecule has 0 aliphatic heterocycles. The SMILES string of the molecule is CC(C)(Cc1cc2ccccc2c2ccccc12)C(=O)O. The van der Waals surface area contributed by atoms with Crippen LogP contribution in [0, 0.1) is 5.41 Å². The Hall–Kier alpha value is -2.35. The highest BCUT2D eigenvalue weighted by Gasteiger charge is 2.28. The Balaban J connectivity index is 2.28. The number of fused-ring (bicyclic) bond motifs is 3. The molecule has 21 heavy (non-hydrogen) atoms. The lowest BCUT2D eigenvalue weighted by atomic mass is 9.83. The van der Waals surface area contributed by atoms with E-state index in [0.717, 1.165) is 16.3 Å². The van der Waals surface area contributed by atoms with Gasteiger partial charge >= 0.3 is 5.97 Å². The summed E-state index contributed by atoms with van der Waals surface area (Å²) in [6, 6.07) is 18.6. The zero-order chi connectivity index (χ0) is 15.0. The summed E-state index contributed by atoms with van der Waals surface area (Å²) in [5, 5.41) is 14.1. The second kappa shape index (κ2) is 4.88. The summed E-state index contributed by atoms with van der Waals surface area (Å²) in [5.41, 5.74) is 0.322. The molecule has 3 aromatic rings. The average Bonchev–Trinajstić information content (AvgIpc) is 2.47. The molecule has 0 unspecified atom stereocenters. The maximum absolute atomic E-state index is 11.4. The number of benzene rings is 3. The van der Waals surface area contributed by atoms with Gasteiger partial charge in [-0.3, -0.25) is 4.79 Å². The van der Waals surface area contributed by atoms with E-state index in [1.54, 1.807) is 13.8 Å². The first kappa shape index (κ1) is 13.6. The summed E-state index contributed by atoms with van der Waals surface area (Å²) >= 11 is 0. The number of rotatable bonds is 3. The molecule has 0 bridgehead atoms.